The van der Waals surface area contributed by atoms with Gasteiger partial charge >= 0.3 is 5.97 Å². The molecule has 72 valence electrons. The predicted octanol–water partition coefficient (Wildman–Crippen LogP) is 0.375. The fourth-order valence-corrected chi connectivity index (χ4v) is 0.972. The Hall–Kier alpha value is -0.610. The summed E-state index contributed by atoms with van der Waals surface area (Å²) < 4.78 is 0. The summed E-state index contributed by atoms with van der Waals surface area (Å²) in [5, 5.41) is 25.8. The molecule has 0 aromatic rings. The summed E-state index contributed by atoms with van der Waals surface area (Å²) in [7, 11) is 0. The Morgan fingerprint density at radius 1 is 1.25 bits per heavy atom. The maximum Gasteiger partial charge on any atom is 0.305 e. The van der Waals surface area contributed by atoms with Gasteiger partial charge in [-0.2, -0.15) is 0 Å². The van der Waals surface area contributed by atoms with E-state index in [1.807, 2.05) is 0 Å². The van der Waals surface area contributed by atoms with Crippen LogP contribution in [0.5, 0.6) is 0 Å². The number of aliphatic hydroxyl groups is 2. The van der Waals surface area contributed by atoms with E-state index in [9.17, 15) is 4.79 Å². The molecular weight excluding hydrogens is 160 g/mol. The second-order valence-electron chi connectivity index (χ2n) is 2.82. The Balaban J connectivity index is 3.19. The van der Waals surface area contributed by atoms with Gasteiger partial charge in [0.25, 0.3) is 0 Å². The highest BCUT2D eigenvalue weighted by atomic mass is 16.4. The molecular formula is C8H16O4. The molecule has 0 radical (unpaired) electrons. The number of rotatable bonds is 7. The molecule has 0 fully saturated rings. The average Bonchev–Trinajstić information content (AvgIpc) is 1.97. The number of aliphatic hydroxyl groups excluding tert-OH is 2. The summed E-state index contributed by atoms with van der Waals surface area (Å²) in [4.78, 5) is 10.1. The summed E-state index contributed by atoms with van der Waals surface area (Å²) in [6.07, 6.45) is 1.93. The molecule has 0 amide bonds. The first-order valence-corrected chi connectivity index (χ1v) is 4.17. The molecule has 1 atom stereocenters. The summed E-state index contributed by atoms with van der Waals surface area (Å²) in [6.45, 7) is 0.162. The molecule has 0 heterocycles. The second-order valence-corrected chi connectivity index (χ2v) is 2.82. The molecule has 12 heavy (non-hydrogen) atoms. The normalized spacial score (nSPS) is 12.8. The largest absolute Gasteiger partial charge is 0.481 e. The average molecular weight is 176 g/mol. The van der Waals surface area contributed by atoms with Gasteiger partial charge in [0.15, 0.2) is 0 Å². The van der Waals surface area contributed by atoms with Crippen molar-refractivity contribution in [2.45, 2.75) is 38.2 Å². The number of aliphatic carboxylic acids is 1. The van der Waals surface area contributed by atoms with Crippen LogP contribution in [-0.4, -0.2) is 34.0 Å². The summed E-state index contributed by atoms with van der Waals surface area (Å²) in [5.41, 5.74) is 0. The molecule has 0 aromatic carbocycles. The zero-order valence-corrected chi connectivity index (χ0v) is 7.07. The van der Waals surface area contributed by atoms with Crippen molar-refractivity contribution in [3.63, 3.8) is 0 Å². The van der Waals surface area contributed by atoms with Gasteiger partial charge in [0.1, 0.15) is 0 Å². The van der Waals surface area contributed by atoms with Gasteiger partial charge in [0.05, 0.1) is 12.5 Å². The van der Waals surface area contributed by atoms with E-state index in [0.29, 0.717) is 6.42 Å². The van der Waals surface area contributed by atoms with E-state index in [0.717, 1.165) is 19.3 Å². The van der Waals surface area contributed by atoms with Gasteiger partial charge in [-0.3, -0.25) is 4.79 Å². The lowest BCUT2D eigenvalue weighted by molar-refractivity contribution is -0.139. The van der Waals surface area contributed by atoms with E-state index in [2.05, 4.69) is 0 Å². The van der Waals surface area contributed by atoms with Gasteiger partial charge in [-0.15, -0.1) is 0 Å². The van der Waals surface area contributed by atoms with Crippen molar-refractivity contribution in [1.29, 1.82) is 0 Å². The Labute approximate surface area is 71.8 Å². The first-order valence-electron chi connectivity index (χ1n) is 4.17. The number of unbranched alkanes of at least 4 members (excludes halogenated alkanes) is 2. The van der Waals surface area contributed by atoms with E-state index < -0.39 is 12.1 Å². The van der Waals surface area contributed by atoms with Crippen LogP contribution in [0, 0.1) is 0 Å². The molecule has 0 bridgehead atoms. The van der Waals surface area contributed by atoms with Gasteiger partial charge in [-0.05, 0) is 12.8 Å². The lowest BCUT2D eigenvalue weighted by Gasteiger charge is -2.06. The Morgan fingerprint density at radius 3 is 2.42 bits per heavy atom. The number of carbonyl (C=O) groups is 1. The van der Waals surface area contributed by atoms with E-state index in [4.69, 9.17) is 15.3 Å². The van der Waals surface area contributed by atoms with Crippen molar-refractivity contribution in [3.05, 3.63) is 0 Å². The van der Waals surface area contributed by atoms with Crippen molar-refractivity contribution in [1.82, 2.24) is 0 Å². The molecule has 0 unspecified atom stereocenters. The first kappa shape index (κ1) is 11.4. The van der Waals surface area contributed by atoms with Gasteiger partial charge in [0, 0.05) is 6.61 Å². The standard InChI is InChI=1S/C8H16O4/c9-5-3-1-2-4-7(10)6-8(11)12/h7,9-10H,1-6H2,(H,11,12)/t7-/m0/s1. The highest BCUT2D eigenvalue weighted by Gasteiger charge is 2.07. The molecule has 0 spiro atoms. The van der Waals surface area contributed by atoms with Crippen LogP contribution in [0.3, 0.4) is 0 Å². The molecule has 4 heteroatoms. The summed E-state index contributed by atoms with van der Waals surface area (Å²) in [6, 6.07) is 0. The van der Waals surface area contributed by atoms with Crippen molar-refractivity contribution in [3.8, 4) is 0 Å². The molecule has 0 aliphatic carbocycles. The lowest BCUT2D eigenvalue weighted by atomic mass is 10.1. The first-order chi connectivity index (χ1) is 5.66. The smallest absolute Gasteiger partial charge is 0.305 e. The van der Waals surface area contributed by atoms with E-state index in [1.54, 1.807) is 0 Å². The third-order valence-corrected chi connectivity index (χ3v) is 1.61. The zero-order valence-electron chi connectivity index (χ0n) is 7.07. The minimum Gasteiger partial charge on any atom is -0.481 e. The number of hydrogen-bond acceptors (Lipinski definition) is 3. The molecule has 0 aliphatic rings. The van der Waals surface area contributed by atoms with E-state index >= 15 is 0 Å². The number of carboxylic acid groups (broad SMARTS) is 1. The summed E-state index contributed by atoms with van der Waals surface area (Å²) >= 11 is 0. The molecule has 0 aromatic heterocycles. The minimum absolute atomic E-state index is 0.162. The third kappa shape index (κ3) is 7.50. The van der Waals surface area contributed by atoms with Crippen molar-refractivity contribution in [2.75, 3.05) is 6.61 Å². The van der Waals surface area contributed by atoms with Crippen molar-refractivity contribution < 1.29 is 20.1 Å². The Morgan fingerprint density at radius 2 is 1.92 bits per heavy atom. The van der Waals surface area contributed by atoms with Crippen LogP contribution in [0.4, 0.5) is 0 Å². The molecule has 0 saturated carbocycles. The fraction of sp³-hybridized carbons (Fsp3) is 0.875. The number of carboxylic acids is 1. The molecule has 3 N–H and O–H groups in total. The Kier molecular flexibility index (Phi) is 6.70. The molecule has 0 rings (SSSR count). The van der Waals surface area contributed by atoms with Crippen LogP contribution < -0.4 is 0 Å². The zero-order chi connectivity index (χ0) is 9.40. The minimum atomic E-state index is -0.968. The van der Waals surface area contributed by atoms with Crippen LogP contribution in [0.15, 0.2) is 0 Å². The molecule has 0 aliphatic heterocycles. The van der Waals surface area contributed by atoms with Crippen LogP contribution in [0.2, 0.25) is 0 Å². The summed E-state index contributed by atoms with van der Waals surface area (Å²) in [5.74, 6) is -0.968. The van der Waals surface area contributed by atoms with E-state index in [1.165, 1.54) is 0 Å². The fourth-order valence-electron chi connectivity index (χ4n) is 0.972. The van der Waals surface area contributed by atoms with Crippen LogP contribution >= 0.6 is 0 Å². The van der Waals surface area contributed by atoms with Gasteiger partial charge < -0.3 is 15.3 Å². The quantitative estimate of drug-likeness (QED) is 0.490. The highest BCUT2D eigenvalue weighted by Crippen LogP contribution is 2.05. The van der Waals surface area contributed by atoms with Crippen LogP contribution in [0.1, 0.15) is 32.1 Å². The van der Waals surface area contributed by atoms with Crippen molar-refractivity contribution in [2.24, 2.45) is 0 Å². The van der Waals surface area contributed by atoms with Crippen molar-refractivity contribution >= 4 is 5.97 Å². The monoisotopic (exact) mass is 176 g/mol. The maximum absolute atomic E-state index is 10.1. The van der Waals surface area contributed by atoms with Gasteiger partial charge in [0.2, 0.25) is 0 Å². The third-order valence-electron chi connectivity index (χ3n) is 1.61. The van der Waals surface area contributed by atoms with Crippen LogP contribution in [0.25, 0.3) is 0 Å². The topological polar surface area (TPSA) is 77.8 Å². The van der Waals surface area contributed by atoms with E-state index in [-0.39, 0.29) is 13.0 Å². The lowest BCUT2D eigenvalue weighted by Crippen LogP contribution is -2.12. The highest BCUT2D eigenvalue weighted by molar-refractivity contribution is 5.67. The maximum atomic E-state index is 10.1. The molecule has 4 nitrogen and oxygen atoms in total. The predicted molar refractivity (Wildman–Crippen MR) is 43.8 cm³/mol. The molecule has 0 saturated heterocycles. The van der Waals surface area contributed by atoms with Gasteiger partial charge in [-0.25, -0.2) is 0 Å². The Bertz CT molecular complexity index is 124. The van der Waals surface area contributed by atoms with Crippen LogP contribution in [-0.2, 0) is 4.79 Å². The second kappa shape index (κ2) is 7.06. The SMILES string of the molecule is O=C(O)C[C@@H](O)CCCCCO. The van der Waals surface area contributed by atoms with Gasteiger partial charge in [-0.1, -0.05) is 12.8 Å². The number of hydrogen-bond donors (Lipinski definition) is 3.